The monoisotopic (exact) mass is 769 g/mol. The van der Waals surface area contributed by atoms with Crippen LogP contribution in [0, 0.1) is 18.6 Å². The Morgan fingerprint density at radius 2 is 1.54 bits per heavy atom. The van der Waals surface area contributed by atoms with Crippen LogP contribution in [0.5, 0.6) is 0 Å². The third-order valence-corrected chi connectivity index (χ3v) is 9.01. The standard InChI is InChI=1S/C23H17FN2.C17H18FN3O3.ClH.Cu/c1-16-5-7-18(8-6-16)22-14-19(17-9-11-20(24)12-10-17)15-23(26-22)21-4-2-3-13-25-21;18-13-7-11-14(8-15(13)20-5-3-19-4-6-20)21(10-1-2-10)9-12(16(11)22)17(23)24;;/h2-15H,1H3;7-10,19H,1-6H2,(H,23,24);1H;/q;;;+1/p-1. The molecular weight excluding hydrogens is 735 g/mol. The van der Waals surface area contributed by atoms with E-state index in [9.17, 15) is 23.5 Å². The van der Waals surface area contributed by atoms with Gasteiger partial charge in [-0.1, -0.05) is 48.0 Å². The number of anilines is 1. The molecule has 52 heavy (non-hydrogen) atoms. The van der Waals surface area contributed by atoms with Crippen LogP contribution in [0.1, 0.15) is 34.8 Å². The van der Waals surface area contributed by atoms with E-state index in [-0.39, 0.29) is 22.8 Å². The molecule has 1 saturated carbocycles. The molecule has 6 aromatic rings. The summed E-state index contributed by atoms with van der Waals surface area (Å²) in [7, 11) is 4.20. The van der Waals surface area contributed by atoms with Crippen LogP contribution in [0.3, 0.4) is 0 Å². The Morgan fingerprint density at radius 3 is 2.17 bits per heavy atom. The average Bonchev–Trinajstić information content (AvgIpc) is 4.03. The summed E-state index contributed by atoms with van der Waals surface area (Å²) >= 11 is 3.66. The molecule has 3 aromatic carbocycles. The number of hydrogen-bond donors (Lipinski definition) is 2. The summed E-state index contributed by atoms with van der Waals surface area (Å²) in [5.41, 5.74) is 6.80. The van der Waals surface area contributed by atoms with Gasteiger partial charge in [0.1, 0.15) is 17.2 Å². The Morgan fingerprint density at radius 1 is 0.865 bits per heavy atom. The Labute approximate surface area is 312 Å². The van der Waals surface area contributed by atoms with E-state index in [0.29, 0.717) is 24.3 Å². The van der Waals surface area contributed by atoms with E-state index in [0.717, 1.165) is 59.7 Å². The van der Waals surface area contributed by atoms with Crippen molar-refractivity contribution in [1.82, 2.24) is 19.9 Å². The Balaban J connectivity index is 0.000000171. The fraction of sp³-hybridized carbons (Fsp3) is 0.200. The molecule has 12 heteroatoms. The number of carboxylic acid groups (broad SMARTS) is 1. The summed E-state index contributed by atoms with van der Waals surface area (Å²) in [5.74, 6) is -2.00. The molecule has 1 aliphatic heterocycles. The Kier molecular flexibility index (Phi) is 11.8. The van der Waals surface area contributed by atoms with Crippen LogP contribution in [-0.4, -0.2) is 51.8 Å². The van der Waals surface area contributed by atoms with Crippen LogP contribution in [-0.2, 0) is 15.1 Å². The van der Waals surface area contributed by atoms with E-state index in [1.807, 2.05) is 39.8 Å². The molecule has 0 unspecified atom stereocenters. The molecule has 2 fully saturated rings. The van der Waals surface area contributed by atoms with Crippen molar-refractivity contribution in [3.63, 3.8) is 0 Å². The number of carbonyl (C=O) groups is 1. The van der Waals surface area contributed by atoms with Gasteiger partial charge in [0.25, 0.3) is 0 Å². The molecule has 2 N–H and O–H groups in total. The molecule has 1 saturated heterocycles. The first kappa shape index (κ1) is 36.8. The van der Waals surface area contributed by atoms with Gasteiger partial charge >= 0.3 is 31.2 Å². The zero-order valence-electron chi connectivity index (χ0n) is 28.1. The fourth-order valence-corrected chi connectivity index (χ4v) is 6.17. The molecule has 0 atom stereocenters. The minimum atomic E-state index is -1.28. The first-order chi connectivity index (χ1) is 25.2. The third kappa shape index (κ3) is 8.40. The first-order valence-corrected chi connectivity index (χ1v) is 18.0. The van der Waals surface area contributed by atoms with Crippen molar-refractivity contribution in [2.45, 2.75) is 25.8 Å². The van der Waals surface area contributed by atoms with Crippen molar-refractivity contribution < 1.29 is 33.8 Å². The number of hydrogen-bond acceptors (Lipinski definition) is 6. The van der Waals surface area contributed by atoms with E-state index in [1.165, 1.54) is 30.0 Å². The number of nitrogens with zero attached hydrogens (tertiary/aromatic N) is 4. The molecule has 0 bridgehead atoms. The second-order valence-electron chi connectivity index (χ2n) is 12.6. The topological polar surface area (TPSA) is 100 Å². The number of pyridine rings is 3. The molecule has 0 radical (unpaired) electrons. The fourth-order valence-electron chi connectivity index (χ4n) is 6.17. The number of fused-ring (bicyclic) bond motifs is 1. The molecule has 270 valence electrons. The molecule has 1 aliphatic carbocycles. The van der Waals surface area contributed by atoms with Crippen molar-refractivity contribution >= 4 is 32.7 Å². The predicted molar refractivity (Wildman–Crippen MR) is 197 cm³/mol. The van der Waals surface area contributed by atoms with Crippen molar-refractivity contribution in [3.8, 4) is 33.8 Å². The van der Waals surface area contributed by atoms with Crippen molar-refractivity contribution in [3.05, 3.63) is 136 Å². The summed E-state index contributed by atoms with van der Waals surface area (Å²) in [6.45, 7) is 5.02. The van der Waals surface area contributed by atoms with Gasteiger partial charge in [0, 0.05) is 55.6 Å². The number of aromatic nitrogens is 3. The number of aryl methyl sites for hydroxylation is 1. The third-order valence-electron chi connectivity index (χ3n) is 9.01. The number of rotatable bonds is 6. The van der Waals surface area contributed by atoms with Gasteiger partial charge in [0.2, 0.25) is 5.43 Å². The van der Waals surface area contributed by atoms with Gasteiger partial charge in [-0.2, -0.15) is 0 Å². The van der Waals surface area contributed by atoms with Gasteiger partial charge in [-0.05, 0) is 79.4 Å². The average molecular weight is 771 g/mol. The molecule has 0 spiro atoms. The zero-order chi connectivity index (χ0) is 36.8. The van der Waals surface area contributed by atoms with Gasteiger partial charge in [0.15, 0.2) is 0 Å². The normalized spacial score (nSPS) is 13.8. The molecule has 4 heterocycles. The summed E-state index contributed by atoms with van der Waals surface area (Å²) < 4.78 is 29.7. The van der Waals surface area contributed by atoms with E-state index in [4.69, 9.17) is 4.98 Å². The van der Waals surface area contributed by atoms with Crippen LogP contribution in [0.2, 0.25) is 0 Å². The van der Waals surface area contributed by atoms with Crippen LogP contribution in [0.25, 0.3) is 44.7 Å². The molecule has 8 rings (SSSR count). The van der Waals surface area contributed by atoms with E-state index >= 15 is 0 Å². The number of halogens is 3. The first-order valence-electron chi connectivity index (χ1n) is 16.7. The van der Waals surface area contributed by atoms with E-state index < -0.39 is 17.2 Å². The van der Waals surface area contributed by atoms with Crippen molar-refractivity contribution in [1.29, 1.82) is 0 Å². The number of aromatic carboxylic acids is 1. The summed E-state index contributed by atoms with van der Waals surface area (Å²) in [6.07, 6.45) is 5.05. The summed E-state index contributed by atoms with van der Waals surface area (Å²) in [4.78, 5) is 34.9. The van der Waals surface area contributed by atoms with Gasteiger partial charge in [0.05, 0.1) is 28.3 Å². The minimum absolute atomic E-state index is 0.137. The number of nitrogens with one attached hydrogen (secondary N) is 1. The Hall–Kier alpha value is -4.93. The van der Waals surface area contributed by atoms with Crippen molar-refractivity contribution in [2.24, 2.45) is 0 Å². The number of benzene rings is 3. The molecule has 0 amide bonds. The van der Waals surface area contributed by atoms with Crippen molar-refractivity contribution in [2.75, 3.05) is 31.1 Å². The Bertz CT molecular complexity index is 2180. The molecule has 3 aromatic heterocycles. The van der Waals surface area contributed by atoms with Gasteiger partial charge in [-0.25, -0.2) is 18.6 Å². The second kappa shape index (κ2) is 16.6. The van der Waals surface area contributed by atoms with E-state index in [1.54, 1.807) is 24.4 Å². The van der Waals surface area contributed by atoms with Gasteiger partial charge in [-0.15, -0.1) is 0 Å². The second-order valence-corrected chi connectivity index (χ2v) is 12.6. The van der Waals surface area contributed by atoms with Gasteiger partial charge in [-0.3, -0.25) is 9.78 Å². The quantitative estimate of drug-likeness (QED) is 0.165. The van der Waals surface area contributed by atoms with Crippen LogP contribution in [0.15, 0.2) is 108 Å². The molecule has 2 aliphatic rings. The SMILES string of the molecule is Cc1ccc(-c2cc(-c3ccc(F)cc3)cc(-c3ccccn3)n2)cc1.O=C(O)c1cn(C2CC2)c2cc(N3CCNCC3)c(F)cc2c1=O.[Cl][Cu]. The number of piperazine rings is 1. The maximum absolute atomic E-state index is 14.6. The van der Waals surface area contributed by atoms with Crippen LogP contribution >= 0.6 is 10.1 Å². The zero-order valence-corrected chi connectivity index (χ0v) is 29.8. The molecular formula is C40H35ClCuF2N5O3. The maximum atomic E-state index is 14.6. The van der Waals surface area contributed by atoms with Crippen LogP contribution < -0.4 is 15.6 Å². The van der Waals surface area contributed by atoms with Gasteiger partial charge < -0.3 is 19.9 Å². The van der Waals surface area contributed by atoms with E-state index in [2.05, 4.69) is 66.7 Å². The number of carboxylic acids is 1. The predicted octanol–water partition coefficient (Wildman–Crippen LogP) is 8.20. The summed E-state index contributed by atoms with van der Waals surface area (Å²) in [5, 5.41) is 12.6. The summed E-state index contributed by atoms with van der Waals surface area (Å²) in [6, 6.07) is 27.7. The van der Waals surface area contributed by atoms with Crippen LogP contribution in [0.4, 0.5) is 14.5 Å². The molecule has 8 nitrogen and oxygen atoms in total.